The predicted octanol–water partition coefficient (Wildman–Crippen LogP) is -2.90. The van der Waals surface area contributed by atoms with Crippen LogP contribution in [-0.4, -0.2) is 16.9 Å². The second kappa shape index (κ2) is 3.10. The monoisotopic (exact) mass is 181 g/mol. The number of nitrogens with one attached hydrogen (secondary N) is 1. The molecule has 0 aliphatic rings. The van der Waals surface area contributed by atoms with E-state index in [0.29, 0.717) is 0 Å². The van der Waals surface area contributed by atoms with E-state index in [2.05, 4.69) is 0 Å². The molecule has 6 heteroatoms. The molecule has 0 radical (unpaired) electrons. The van der Waals surface area contributed by atoms with Crippen LogP contribution in [0.2, 0.25) is 0 Å². The third kappa shape index (κ3) is 1.92. The van der Waals surface area contributed by atoms with Gasteiger partial charge in [-0.05, 0) is 0 Å². The van der Waals surface area contributed by atoms with Crippen LogP contribution in [0.25, 0.3) is 0 Å². The fraction of sp³-hybridized carbons (Fsp3) is 0. The first-order valence-electron chi connectivity index (χ1n) is 3.18. The molecule has 0 fully saturated rings. The predicted molar refractivity (Wildman–Crippen MR) is 35.7 cm³/mol. The normalized spacial score (nSPS) is 9.54. The number of hydrogen-bond donors (Lipinski definition) is 1. The molecule has 0 unspecified atom stereocenters. The molecule has 6 nitrogen and oxygen atoms in total. The molecule has 0 aromatic carbocycles. The van der Waals surface area contributed by atoms with Gasteiger partial charge < -0.3 is 24.8 Å². The summed E-state index contributed by atoms with van der Waals surface area (Å²) in [5, 5.41) is 20.5. The lowest BCUT2D eigenvalue weighted by molar-refractivity contribution is -0.255. The summed E-state index contributed by atoms with van der Waals surface area (Å²) in [6, 6.07) is 1.45. The Balaban J connectivity index is 3.35. The molecule has 1 aromatic heterocycles. The van der Waals surface area contributed by atoms with Crippen LogP contribution in [0.15, 0.2) is 16.9 Å². The van der Waals surface area contributed by atoms with E-state index in [1.54, 1.807) is 0 Å². The number of H-pyrrole nitrogens is 1. The summed E-state index contributed by atoms with van der Waals surface area (Å²) in [4.78, 5) is 33.1. The highest BCUT2D eigenvalue weighted by molar-refractivity contribution is 5.87. The molecule has 0 bridgehead atoms. The van der Waals surface area contributed by atoms with Gasteiger partial charge in [-0.2, -0.15) is 0 Å². The molecular formula is C7H3NO5-2. The molecule has 0 spiro atoms. The molecule has 0 atom stereocenters. The van der Waals surface area contributed by atoms with Gasteiger partial charge in [-0.1, -0.05) is 0 Å². The third-order valence-electron chi connectivity index (χ3n) is 1.28. The van der Waals surface area contributed by atoms with Crippen LogP contribution >= 0.6 is 0 Å². The van der Waals surface area contributed by atoms with Crippen LogP contribution in [0.5, 0.6) is 0 Å². The summed E-state index contributed by atoms with van der Waals surface area (Å²) in [5.74, 6) is -3.31. The summed E-state index contributed by atoms with van der Waals surface area (Å²) in [6.45, 7) is 0. The van der Waals surface area contributed by atoms with E-state index < -0.39 is 28.8 Å². The molecule has 1 N–H and O–H groups in total. The molecule has 0 amide bonds. The van der Waals surface area contributed by atoms with Crippen molar-refractivity contribution in [1.82, 2.24) is 4.98 Å². The highest BCUT2D eigenvalue weighted by Crippen LogP contribution is 1.92. The van der Waals surface area contributed by atoms with Crippen molar-refractivity contribution in [3.8, 4) is 0 Å². The maximum Gasteiger partial charge on any atom is 0.182 e. The van der Waals surface area contributed by atoms with Crippen molar-refractivity contribution < 1.29 is 19.8 Å². The Morgan fingerprint density at radius 1 is 1.08 bits per heavy atom. The fourth-order valence-corrected chi connectivity index (χ4v) is 0.763. The molecule has 0 saturated carbocycles. The fourth-order valence-electron chi connectivity index (χ4n) is 0.763. The first kappa shape index (κ1) is 8.98. The topological polar surface area (TPSA) is 113 Å². The molecule has 0 saturated heterocycles. The minimum Gasteiger partial charge on any atom is -0.543 e. The average molecular weight is 181 g/mol. The van der Waals surface area contributed by atoms with Gasteiger partial charge in [0.2, 0.25) is 0 Å². The van der Waals surface area contributed by atoms with Crippen LogP contribution in [0.1, 0.15) is 21.0 Å². The number of carbonyl (C=O) groups is 2. The Labute approximate surface area is 71.5 Å². The SMILES string of the molecule is O=C([O-])c1cc(=O)cc(C(=O)[O-])[nH]1. The first-order valence-corrected chi connectivity index (χ1v) is 3.18. The number of hydrogen-bond acceptors (Lipinski definition) is 5. The Morgan fingerprint density at radius 2 is 1.46 bits per heavy atom. The van der Waals surface area contributed by atoms with Crippen molar-refractivity contribution in [2.75, 3.05) is 0 Å². The molecule has 13 heavy (non-hydrogen) atoms. The Morgan fingerprint density at radius 3 is 1.77 bits per heavy atom. The largest absolute Gasteiger partial charge is 0.543 e. The van der Waals surface area contributed by atoms with Gasteiger partial charge in [0.1, 0.15) is 0 Å². The van der Waals surface area contributed by atoms with Gasteiger partial charge in [-0.25, -0.2) is 0 Å². The van der Waals surface area contributed by atoms with Crippen molar-refractivity contribution in [2.45, 2.75) is 0 Å². The molecule has 0 aliphatic heterocycles. The standard InChI is InChI=1S/C7H5NO5/c9-3-1-4(6(10)11)8-5(2-3)7(12)13/h1-2H,(H,8,9)(H,10,11)(H,12,13)/p-2. The van der Waals surface area contributed by atoms with E-state index in [-0.39, 0.29) is 0 Å². The van der Waals surface area contributed by atoms with E-state index in [4.69, 9.17) is 0 Å². The average Bonchev–Trinajstić information content (AvgIpc) is 2.03. The maximum absolute atomic E-state index is 10.7. The lowest BCUT2D eigenvalue weighted by Gasteiger charge is -2.06. The Hall–Kier alpha value is -2.11. The van der Waals surface area contributed by atoms with Crippen molar-refractivity contribution in [3.63, 3.8) is 0 Å². The quantitative estimate of drug-likeness (QED) is 0.525. The summed E-state index contributed by atoms with van der Waals surface area (Å²) < 4.78 is 0. The number of aromatic nitrogens is 1. The smallest absolute Gasteiger partial charge is 0.182 e. The van der Waals surface area contributed by atoms with Gasteiger partial charge in [-0.3, -0.25) is 4.79 Å². The zero-order valence-corrected chi connectivity index (χ0v) is 6.20. The van der Waals surface area contributed by atoms with E-state index in [0.717, 1.165) is 12.1 Å². The second-order valence-corrected chi connectivity index (χ2v) is 2.22. The summed E-state index contributed by atoms with van der Waals surface area (Å²) in [6.07, 6.45) is 0. The van der Waals surface area contributed by atoms with Gasteiger partial charge in [0.15, 0.2) is 5.43 Å². The van der Waals surface area contributed by atoms with E-state index >= 15 is 0 Å². The zero-order chi connectivity index (χ0) is 10.0. The van der Waals surface area contributed by atoms with Gasteiger partial charge in [-0.15, -0.1) is 0 Å². The molecule has 1 rings (SSSR count). The number of carboxylic acid groups (broad SMARTS) is 2. The van der Waals surface area contributed by atoms with Gasteiger partial charge in [0, 0.05) is 12.1 Å². The second-order valence-electron chi connectivity index (χ2n) is 2.22. The Bertz CT molecular complexity index is 384. The molecule has 0 aliphatic carbocycles. The van der Waals surface area contributed by atoms with Crippen LogP contribution in [0, 0.1) is 0 Å². The van der Waals surface area contributed by atoms with Gasteiger partial charge in [0.05, 0.1) is 23.3 Å². The van der Waals surface area contributed by atoms with Crippen LogP contribution in [0.4, 0.5) is 0 Å². The first-order chi connectivity index (χ1) is 6.00. The number of pyridine rings is 1. The third-order valence-corrected chi connectivity index (χ3v) is 1.28. The molecular weight excluding hydrogens is 178 g/mol. The highest BCUT2D eigenvalue weighted by Gasteiger charge is 1.99. The summed E-state index contributed by atoms with van der Waals surface area (Å²) >= 11 is 0. The summed E-state index contributed by atoms with van der Waals surface area (Å²) in [5.41, 5.74) is -1.92. The minimum absolute atomic E-state index is 0.591. The zero-order valence-electron chi connectivity index (χ0n) is 6.20. The van der Waals surface area contributed by atoms with Crippen LogP contribution in [-0.2, 0) is 0 Å². The van der Waals surface area contributed by atoms with Gasteiger partial charge >= 0.3 is 0 Å². The van der Waals surface area contributed by atoms with E-state index in [9.17, 15) is 24.6 Å². The van der Waals surface area contributed by atoms with E-state index in [1.165, 1.54) is 0 Å². The van der Waals surface area contributed by atoms with Crippen molar-refractivity contribution in [3.05, 3.63) is 33.7 Å². The number of carboxylic acids is 2. The van der Waals surface area contributed by atoms with Crippen molar-refractivity contribution in [1.29, 1.82) is 0 Å². The van der Waals surface area contributed by atoms with Crippen LogP contribution in [0.3, 0.4) is 0 Å². The van der Waals surface area contributed by atoms with Gasteiger partial charge in [0.25, 0.3) is 0 Å². The Kier molecular flexibility index (Phi) is 2.14. The van der Waals surface area contributed by atoms with Crippen LogP contribution < -0.4 is 15.6 Å². The number of aromatic carboxylic acids is 2. The lowest BCUT2D eigenvalue weighted by Crippen LogP contribution is -2.30. The molecule has 1 aromatic rings. The van der Waals surface area contributed by atoms with Crippen molar-refractivity contribution >= 4 is 11.9 Å². The number of aromatic amines is 1. The van der Waals surface area contributed by atoms with E-state index in [1.807, 2.05) is 4.98 Å². The maximum atomic E-state index is 10.7. The number of rotatable bonds is 2. The minimum atomic E-state index is -1.65. The molecule has 1 heterocycles. The summed E-state index contributed by atoms with van der Waals surface area (Å²) in [7, 11) is 0. The lowest BCUT2D eigenvalue weighted by atomic mass is 10.3. The highest BCUT2D eigenvalue weighted by atomic mass is 16.4. The molecule has 68 valence electrons. The number of carbonyl (C=O) groups excluding carboxylic acids is 2. The van der Waals surface area contributed by atoms with Crippen molar-refractivity contribution in [2.24, 2.45) is 0 Å².